The van der Waals surface area contributed by atoms with Gasteiger partial charge in [-0.25, -0.2) is 9.07 Å². The van der Waals surface area contributed by atoms with Crippen LogP contribution in [-0.2, 0) is 11.2 Å². The minimum atomic E-state index is -4.66. The molecule has 0 radical (unpaired) electrons. The maximum Gasteiger partial charge on any atom is 0.406 e. The third-order valence-corrected chi connectivity index (χ3v) is 5.87. The van der Waals surface area contributed by atoms with Crippen LogP contribution in [0.15, 0.2) is 67.1 Å². The second-order valence-electron chi connectivity index (χ2n) is 8.12. The number of benzene rings is 2. The Bertz CT molecular complexity index is 1350. The van der Waals surface area contributed by atoms with Gasteiger partial charge in [0.05, 0.1) is 24.3 Å². The second-order valence-corrected chi connectivity index (χ2v) is 8.12. The largest absolute Gasteiger partial charge is 0.406 e. The zero-order valence-corrected chi connectivity index (χ0v) is 18.2. The standard InChI is InChI=1S/C24H18F4N6O/c25-19-2-1-3-21-18(19)8-9-22(23(35)33(21)14-24(26,27)28)34-13-20(31-32-34)16-6-4-15(5-7-16)17-10-11-29-30-12-17/h1-7,10-13,22H,8-9,14H2. The fraction of sp³-hybridized carbons (Fsp3) is 0.208. The van der Waals surface area contributed by atoms with Gasteiger partial charge < -0.3 is 4.90 Å². The Morgan fingerprint density at radius 3 is 2.46 bits per heavy atom. The Hall–Kier alpha value is -4.15. The maximum atomic E-state index is 14.4. The number of halogens is 4. The van der Waals surface area contributed by atoms with Crippen LogP contribution in [0.1, 0.15) is 18.0 Å². The van der Waals surface area contributed by atoms with E-state index in [0.717, 1.165) is 11.1 Å². The van der Waals surface area contributed by atoms with Gasteiger partial charge in [-0.3, -0.25) is 4.79 Å². The Morgan fingerprint density at radius 1 is 0.971 bits per heavy atom. The number of carbonyl (C=O) groups excluding carboxylic acids is 1. The van der Waals surface area contributed by atoms with Gasteiger partial charge in [-0.15, -0.1) is 5.10 Å². The molecule has 4 aromatic rings. The van der Waals surface area contributed by atoms with Crippen molar-refractivity contribution in [3.63, 3.8) is 0 Å². The van der Waals surface area contributed by atoms with Gasteiger partial charge in [-0.05, 0) is 36.6 Å². The van der Waals surface area contributed by atoms with Crippen molar-refractivity contribution in [2.45, 2.75) is 25.1 Å². The van der Waals surface area contributed by atoms with Crippen molar-refractivity contribution >= 4 is 11.6 Å². The first-order valence-corrected chi connectivity index (χ1v) is 10.7. The predicted octanol–water partition coefficient (Wildman–Crippen LogP) is 4.62. The smallest absolute Gasteiger partial charge is 0.301 e. The molecule has 5 rings (SSSR count). The van der Waals surface area contributed by atoms with Crippen LogP contribution in [0.2, 0.25) is 0 Å². The van der Waals surface area contributed by atoms with E-state index in [4.69, 9.17) is 0 Å². The van der Waals surface area contributed by atoms with Crippen molar-refractivity contribution in [3.8, 4) is 22.4 Å². The van der Waals surface area contributed by atoms with Gasteiger partial charge in [0.2, 0.25) is 0 Å². The van der Waals surface area contributed by atoms with Crippen LogP contribution < -0.4 is 4.90 Å². The number of hydrogen-bond acceptors (Lipinski definition) is 5. The van der Waals surface area contributed by atoms with Crippen LogP contribution in [0, 0.1) is 5.82 Å². The summed E-state index contributed by atoms with van der Waals surface area (Å²) in [6.07, 6.45) is 0.243. The number of hydrogen-bond donors (Lipinski definition) is 0. The molecule has 0 spiro atoms. The molecule has 1 atom stereocenters. The Labute approximate surface area is 197 Å². The normalized spacial score (nSPS) is 16.2. The molecule has 2 aromatic heterocycles. The Kier molecular flexibility index (Phi) is 5.75. The third kappa shape index (κ3) is 4.61. The van der Waals surface area contributed by atoms with Gasteiger partial charge in [-0.2, -0.15) is 23.4 Å². The van der Waals surface area contributed by atoms with Gasteiger partial charge >= 0.3 is 6.18 Å². The van der Waals surface area contributed by atoms with Crippen molar-refractivity contribution < 1.29 is 22.4 Å². The molecule has 0 aliphatic carbocycles. The molecular formula is C24H18F4N6O. The van der Waals surface area contributed by atoms with Gasteiger partial charge in [0.1, 0.15) is 24.1 Å². The van der Waals surface area contributed by atoms with Gasteiger partial charge in [-0.1, -0.05) is 35.5 Å². The summed E-state index contributed by atoms with van der Waals surface area (Å²) >= 11 is 0. The highest BCUT2D eigenvalue weighted by Gasteiger charge is 2.40. The number of rotatable bonds is 4. The van der Waals surface area contributed by atoms with Crippen molar-refractivity contribution in [2.75, 3.05) is 11.4 Å². The first kappa shape index (κ1) is 22.6. The molecule has 0 bridgehead atoms. The molecule has 3 heterocycles. The summed E-state index contributed by atoms with van der Waals surface area (Å²) in [5, 5.41) is 15.8. The molecule has 0 fully saturated rings. The van der Waals surface area contributed by atoms with Crippen LogP contribution in [0.25, 0.3) is 22.4 Å². The number of carbonyl (C=O) groups is 1. The number of fused-ring (bicyclic) bond motifs is 1. The second kappa shape index (κ2) is 8.90. The highest BCUT2D eigenvalue weighted by atomic mass is 19.4. The van der Waals surface area contributed by atoms with Crippen LogP contribution >= 0.6 is 0 Å². The van der Waals surface area contributed by atoms with E-state index in [9.17, 15) is 22.4 Å². The lowest BCUT2D eigenvalue weighted by molar-refractivity contribution is -0.134. The topological polar surface area (TPSA) is 76.8 Å². The van der Waals surface area contributed by atoms with Crippen molar-refractivity contribution in [1.82, 2.24) is 25.2 Å². The molecule has 1 aliphatic heterocycles. The van der Waals surface area contributed by atoms with E-state index in [-0.39, 0.29) is 24.1 Å². The van der Waals surface area contributed by atoms with Crippen molar-refractivity contribution in [1.29, 1.82) is 0 Å². The summed E-state index contributed by atoms with van der Waals surface area (Å²) in [5.74, 6) is -1.46. The highest BCUT2D eigenvalue weighted by Crippen LogP contribution is 2.35. The number of alkyl halides is 3. The van der Waals surface area contributed by atoms with E-state index in [1.54, 1.807) is 12.4 Å². The molecular weight excluding hydrogens is 464 g/mol. The number of nitrogens with zero attached hydrogens (tertiary/aromatic N) is 6. The quantitative estimate of drug-likeness (QED) is 0.397. The number of aromatic nitrogens is 5. The fourth-order valence-electron chi connectivity index (χ4n) is 4.19. The maximum absolute atomic E-state index is 14.4. The lowest BCUT2D eigenvalue weighted by Crippen LogP contribution is -2.42. The molecule has 11 heteroatoms. The molecule has 1 amide bonds. The van der Waals surface area contributed by atoms with E-state index in [1.165, 1.54) is 29.1 Å². The summed E-state index contributed by atoms with van der Waals surface area (Å²) < 4.78 is 55.7. The molecule has 7 nitrogen and oxygen atoms in total. The zero-order valence-electron chi connectivity index (χ0n) is 18.2. The minimum Gasteiger partial charge on any atom is -0.301 e. The van der Waals surface area contributed by atoms with E-state index in [2.05, 4.69) is 20.5 Å². The monoisotopic (exact) mass is 482 g/mol. The van der Waals surface area contributed by atoms with E-state index in [0.29, 0.717) is 16.2 Å². The summed E-state index contributed by atoms with van der Waals surface area (Å²) in [5.41, 5.74) is 2.97. The van der Waals surface area contributed by atoms with Crippen LogP contribution in [0.3, 0.4) is 0 Å². The number of amides is 1. The summed E-state index contributed by atoms with van der Waals surface area (Å²) in [4.78, 5) is 13.8. The van der Waals surface area contributed by atoms with Crippen molar-refractivity contribution in [3.05, 3.63) is 78.5 Å². The zero-order chi connectivity index (χ0) is 24.6. The van der Waals surface area contributed by atoms with Crippen LogP contribution in [0.5, 0.6) is 0 Å². The average Bonchev–Trinajstić information content (AvgIpc) is 3.28. The molecule has 0 saturated heterocycles. The summed E-state index contributed by atoms with van der Waals surface area (Å²) in [7, 11) is 0. The predicted molar refractivity (Wildman–Crippen MR) is 119 cm³/mol. The lowest BCUT2D eigenvalue weighted by atomic mass is 10.0. The van der Waals surface area contributed by atoms with E-state index < -0.39 is 30.5 Å². The minimum absolute atomic E-state index is 0.0728. The SMILES string of the molecule is O=C1C(n2cc(-c3ccc(-c4ccnnc4)cc3)nn2)CCc2c(F)cccc2N1CC(F)(F)F. The molecule has 35 heavy (non-hydrogen) atoms. The molecule has 0 saturated carbocycles. The van der Waals surface area contributed by atoms with Crippen LogP contribution in [-0.4, -0.2) is 43.8 Å². The first-order chi connectivity index (χ1) is 16.8. The van der Waals surface area contributed by atoms with E-state index >= 15 is 0 Å². The number of anilines is 1. The molecule has 0 N–H and O–H groups in total. The van der Waals surface area contributed by atoms with Gasteiger partial charge in [0.15, 0.2) is 0 Å². The molecule has 2 aromatic carbocycles. The average molecular weight is 482 g/mol. The first-order valence-electron chi connectivity index (χ1n) is 10.7. The third-order valence-electron chi connectivity index (χ3n) is 5.87. The Balaban J connectivity index is 1.44. The molecule has 1 aliphatic rings. The lowest BCUT2D eigenvalue weighted by Gasteiger charge is -2.26. The molecule has 1 unspecified atom stereocenters. The van der Waals surface area contributed by atoms with Crippen LogP contribution in [0.4, 0.5) is 23.2 Å². The Morgan fingerprint density at radius 2 is 1.74 bits per heavy atom. The molecule has 178 valence electrons. The van der Waals surface area contributed by atoms with E-state index in [1.807, 2.05) is 30.3 Å². The van der Waals surface area contributed by atoms with Gasteiger partial charge in [0.25, 0.3) is 5.91 Å². The highest BCUT2D eigenvalue weighted by molar-refractivity contribution is 5.97. The van der Waals surface area contributed by atoms with Crippen molar-refractivity contribution in [2.24, 2.45) is 0 Å². The summed E-state index contributed by atoms with van der Waals surface area (Å²) in [6, 6.07) is 11.9. The summed E-state index contributed by atoms with van der Waals surface area (Å²) in [6.45, 7) is -1.52. The van der Waals surface area contributed by atoms with Gasteiger partial charge in [0, 0.05) is 16.7 Å². The fourth-order valence-corrected chi connectivity index (χ4v) is 4.19.